The van der Waals surface area contributed by atoms with Crippen molar-refractivity contribution < 1.29 is 4.74 Å². The molecule has 2 N–H and O–H groups in total. The Labute approximate surface area is 111 Å². The molecular formula is C13H17N5O. The van der Waals surface area contributed by atoms with E-state index in [1.54, 1.807) is 4.68 Å². The maximum atomic E-state index is 5.97. The highest BCUT2D eigenvalue weighted by molar-refractivity contribution is 5.70. The molecule has 0 saturated carbocycles. The van der Waals surface area contributed by atoms with Gasteiger partial charge in [0.25, 0.3) is 0 Å². The summed E-state index contributed by atoms with van der Waals surface area (Å²) in [5.41, 5.74) is 7.53. The average molecular weight is 259 g/mol. The van der Waals surface area contributed by atoms with Crippen LogP contribution in [-0.2, 0) is 11.3 Å². The maximum Gasteiger partial charge on any atom is 0.184 e. The van der Waals surface area contributed by atoms with E-state index in [0.29, 0.717) is 11.8 Å². The number of aryl methyl sites for hydroxylation is 1. The van der Waals surface area contributed by atoms with Crippen LogP contribution in [0.25, 0.3) is 11.4 Å². The number of hydrogen-bond donors (Lipinski definition) is 1. The summed E-state index contributed by atoms with van der Waals surface area (Å²) in [7, 11) is 0. The summed E-state index contributed by atoms with van der Waals surface area (Å²) in [4.78, 5) is 0. The Morgan fingerprint density at radius 1 is 1.37 bits per heavy atom. The number of anilines is 1. The van der Waals surface area contributed by atoms with Crippen LogP contribution in [0.4, 0.5) is 5.69 Å². The molecule has 100 valence electrons. The molecule has 0 aliphatic carbocycles. The standard InChI is InChI=1S/C13H17N5O/c14-12-6-2-1-5-11(12)13-15-16-17-18(13)8-7-10-4-3-9-19-10/h1-2,5-6,10H,3-4,7-9,14H2. The predicted octanol–water partition coefficient (Wildman–Crippen LogP) is 1.49. The van der Waals surface area contributed by atoms with Crippen molar-refractivity contribution in [1.29, 1.82) is 0 Å². The molecule has 1 aliphatic rings. The number of nitrogens with zero attached hydrogens (tertiary/aromatic N) is 4. The Morgan fingerprint density at radius 3 is 3.05 bits per heavy atom. The first-order chi connectivity index (χ1) is 9.34. The van der Waals surface area contributed by atoms with Gasteiger partial charge < -0.3 is 10.5 Å². The van der Waals surface area contributed by atoms with E-state index in [4.69, 9.17) is 10.5 Å². The first-order valence-corrected chi connectivity index (χ1v) is 6.57. The van der Waals surface area contributed by atoms with E-state index in [1.165, 1.54) is 0 Å². The zero-order valence-electron chi connectivity index (χ0n) is 10.7. The molecule has 1 atom stereocenters. The van der Waals surface area contributed by atoms with Crippen LogP contribution in [0.1, 0.15) is 19.3 Å². The second-order valence-electron chi connectivity index (χ2n) is 4.74. The molecule has 6 heteroatoms. The minimum absolute atomic E-state index is 0.338. The smallest absolute Gasteiger partial charge is 0.184 e. The third-order valence-corrected chi connectivity index (χ3v) is 3.42. The molecule has 2 aromatic rings. The van der Waals surface area contributed by atoms with Crippen LogP contribution < -0.4 is 5.73 Å². The Kier molecular flexibility index (Phi) is 3.41. The van der Waals surface area contributed by atoms with E-state index in [2.05, 4.69) is 15.5 Å². The fourth-order valence-corrected chi connectivity index (χ4v) is 2.39. The summed E-state index contributed by atoms with van der Waals surface area (Å²) >= 11 is 0. The lowest BCUT2D eigenvalue weighted by molar-refractivity contribution is 0.0994. The van der Waals surface area contributed by atoms with E-state index >= 15 is 0 Å². The molecule has 6 nitrogen and oxygen atoms in total. The Hall–Kier alpha value is -1.95. The third kappa shape index (κ3) is 2.58. The number of rotatable bonds is 4. The first kappa shape index (κ1) is 12.1. The molecule has 1 fully saturated rings. The molecule has 2 heterocycles. The number of para-hydroxylation sites is 1. The lowest BCUT2D eigenvalue weighted by atomic mass is 10.1. The van der Waals surface area contributed by atoms with Gasteiger partial charge in [-0.25, -0.2) is 4.68 Å². The second kappa shape index (κ2) is 5.36. The largest absolute Gasteiger partial charge is 0.398 e. The first-order valence-electron chi connectivity index (χ1n) is 6.57. The molecule has 1 unspecified atom stereocenters. The van der Waals surface area contributed by atoms with Gasteiger partial charge in [-0.3, -0.25) is 0 Å². The van der Waals surface area contributed by atoms with Crippen molar-refractivity contribution in [1.82, 2.24) is 20.2 Å². The lowest BCUT2D eigenvalue weighted by Gasteiger charge is -2.10. The van der Waals surface area contributed by atoms with Gasteiger partial charge in [-0.15, -0.1) is 5.10 Å². The number of nitrogens with two attached hydrogens (primary N) is 1. The zero-order valence-corrected chi connectivity index (χ0v) is 10.7. The number of benzene rings is 1. The highest BCUT2D eigenvalue weighted by Gasteiger charge is 2.17. The van der Waals surface area contributed by atoms with E-state index in [1.807, 2.05) is 24.3 Å². The number of nitrogen functional groups attached to an aromatic ring is 1. The molecule has 19 heavy (non-hydrogen) atoms. The van der Waals surface area contributed by atoms with Crippen LogP contribution >= 0.6 is 0 Å². The van der Waals surface area contributed by atoms with Crippen molar-refractivity contribution >= 4 is 5.69 Å². The summed E-state index contributed by atoms with van der Waals surface area (Å²) in [5.74, 6) is 0.719. The van der Waals surface area contributed by atoms with Crippen molar-refractivity contribution in [3.05, 3.63) is 24.3 Å². The van der Waals surface area contributed by atoms with Gasteiger partial charge in [-0.2, -0.15) is 0 Å². The zero-order chi connectivity index (χ0) is 13.1. The third-order valence-electron chi connectivity index (χ3n) is 3.42. The van der Waals surface area contributed by atoms with Crippen LogP contribution in [0, 0.1) is 0 Å². The average Bonchev–Trinajstić information content (AvgIpc) is 3.08. The van der Waals surface area contributed by atoms with Crippen LogP contribution in [0.3, 0.4) is 0 Å². The van der Waals surface area contributed by atoms with Crippen LogP contribution in [0.5, 0.6) is 0 Å². The Balaban J connectivity index is 1.76. The maximum absolute atomic E-state index is 5.97. The molecule has 1 saturated heterocycles. The molecule has 0 amide bonds. The summed E-state index contributed by atoms with van der Waals surface area (Å²) in [6, 6.07) is 7.63. The normalized spacial score (nSPS) is 18.8. The Bertz CT molecular complexity index is 547. The molecule has 1 aliphatic heterocycles. The topological polar surface area (TPSA) is 78.9 Å². The SMILES string of the molecule is Nc1ccccc1-c1nnnn1CCC1CCCO1. The second-order valence-corrected chi connectivity index (χ2v) is 4.74. The monoisotopic (exact) mass is 259 g/mol. The highest BCUT2D eigenvalue weighted by Crippen LogP contribution is 2.23. The molecule has 0 spiro atoms. The van der Waals surface area contributed by atoms with Gasteiger partial charge in [0, 0.05) is 24.4 Å². The molecule has 3 rings (SSSR count). The molecular weight excluding hydrogens is 242 g/mol. The fraction of sp³-hybridized carbons (Fsp3) is 0.462. The van der Waals surface area contributed by atoms with Gasteiger partial charge in [0.1, 0.15) is 0 Å². The van der Waals surface area contributed by atoms with Gasteiger partial charge in [0.2, 0.25) is 0 Å². The van der Waals surface area contributed by atoms with Gasteiger partial charge in [-0.1, -0.05) is 12.1 Å². The number of hydrogen-bond acceptors (Lipinski definition) is 5. The Morgan fingerprint density at radius 2 is 2.26 bits per heavy atom. The molecule has 1 aromatic carbocycles. The van der Waals surface area contributed by atoms with Gasteiger partial charge >= 0.3 is 0 Å². The van der Waals surface area contributed by atoms with Crippen molar-refractivity contribution in [3.63, 3.8) is 0 Å². The van der Waals surface area contributed by atoms with E-state index in [9.17, 15) is 0 Å². The van der Waals surface area contributed by atoms with Crippen molar-refractivity contribution in [3.8, 4) is 11.4 Å². The summed E-state index contributed by atoms with van der Waals surface area (Å²) in [6.45, 7) is 1.63. The number of ether oxygens (including phenoxy) is 1. The van der Waals surface area contributed by atoms with Crippen molar-refractivity contribution in [2.45, 2.75) is 31.9 Å². The number of aromatic nitrogens is 4. The van der Waals surface area contributed by atoms with E-state index < -0.39 is 0 Å². The summed E-state index contributed by atoms with van der Waals surface area (Å²) in [5, 5.41) is 11.9. The molecule has 0 radical (unpaired) electrons. The fourth-order valence-electron chi connectivity index (χ4n) is 2.39. The molecule has 1 aromatic heterocycles. The quantitative estimate of drug-likeness (QED) is 0.841. The van der Waals surface area contributed by atoms with Crippen LogP contribution in [0.15, 0.2) is 24.3 Å². The summed E-state index contributed by atoms with van der Waals surface area (Å²) < 4.78 is 7.41. The minimum atomic E-state index is 0.338. The van der Waals surface area contributed by atoms with Crippen LogP contribution in [0.2, 0.25) is 0 Å². The lowest BCUT2D eigenvalue weighted by Crippen LogP contribution is -2.12. The predicted molar refractivity (Wildman–Crippen MR) is 71.3 cm³/mol. The summed E-state index contributed by atoms with van der Waals surface area (Å²) in [6.07, 6.45) is 3.55. The molecule has 0 bridgehead atoms. The van der Waals surface area contributed by atoms with Gasteiger partial charge in [0.05, 0.1) is 6.10 Å². The van der Waals surface area contributed by atoms with E-state index in [-0.39, 0.29) is 0 Å². The number of tetrazole rings is 1. The van der Waals surface area contributed by atoms with Crippen molar-refractivity contribution in [2.24, 2.45) is 0 Å². The van der Waals surface area contributed by atoms with Gasteiger partial charge in [-0.05, 0) is 41.8 Å². The van der Waals surface area contributed by atoms with Crippen LogP contribution in [-0.4, -0.2) is 32.9 Å². The van der Waals surface area contributed by atoms with E-state index in [0.717, 1.165) is 43.8 Å². The minimum Gasteiger partial charge on any atom is -0.398 e. The van der Waals surface area contributed by atoms with Gasteiger partial charge in [0.15, 0.2) is 5.82 Å². The van der Waals surface area contributed by atoms with Crippen molar-refractivity contribution in [2.75, 3.05) is 12.3 Å². The highest BCUT2D eigenvalue weighted by atomic mass is 16.5.